The van der Waals surface area contributed by atoms with E-state index in [0.29, 0.717) is 16.9 Å². The Bertz CT molecular complexity index is 1240. The summed E-state index contributed by atoms with van der Waals surface area (Å²) in [5.74, 6) is -3.07. The predicted molar refractivity (Wildman–Crippen MR) is 118 cm³/mol. The molecule has 0 aliphatic carbocycles. The smallest absolute Gasteiger partial charge is 0.271 e. The highest BCUT2D eigenvalue weighted by molar-refractivity contribution is 6.01. The van der Waals surface area contributed by atoms with E-state index in [2.05, 4.69) is 10.9 Å². The maximum atomic E-state index is 14.0. The van der Waals surface area contributed by atoms with E-state index in [1.165, 1.54) is 35.2 Å². The molecule has 2 N–H and O–H groups in total. The van der Waals surface area contributed by atoms with Crippen LogP contribution in [0.25, 0.3) is 5.69 Å². The number of aryl methyl sites for hydroxylation is 1. The molecule has 1 aromatic heterocycles. The van der Waals surface area contributed by atoms with Crippen LogP contribution in [0.2, 0.25) is 0 Å². The molecule has 1 aliphatic rings. The molecule has 1 fully saturated rings. The number of hydrogen-bond donors (Lipinski definition) is 2. The number of benzene rings is 2. The fourth-order valence-electron chi connectivity index (χ4n) is 4.05. The van der Waals surface area contributed by atoms with E-state index >= 15 is 0 Å². The van der Waals surface area contributed by atoms with Crippen molar-refractivity contribution in [1.82, 2.24) is 15.4 Å². The van der Waals surface area contributed by atoms with Crippen LogP contribution in [0.5, 0.6) is 0 Å². The minimum absolute atomic E-state index is 0.0144. The van der Waals surface area contributed by atoms with E-state index in [0.717, 1.165) is 5.69 Å². The van der Waals surface area contributed by atoms with Crippen LogP contribution in [0.3, 0.4) is 0 Å². The van der Waals surface area contributed by atoms with Crippen molar-refractivity contribution in [3.63, 3.8) is 0 Å². The van der Waals surface area contributed by atoms with Crippen molar-refractivity contribution >= 4 is 23.4 Å². The van der Waals surface area contributed by atoms with Gasteiger partial charge in [0.1, 0.15) is 11.6 Å². The lowest BCUT2D eigenvalue weighted by molar-refractivity contribution is -0.126. The molecule has 3 aromatic rings. The van der Waals surface area contributed by atoms with Crippen LogP contribution in [0, 0.1) is 31.4 Å². The molecule has 2 heterocycles. The standard InChI is InChI=1S/C24H22F2N4O3/c1-14-11-19(15(2)30(14)18-9-7-17(25)8-10-18)24(33)28-27-23(32)16-12-22(31)29(13-16)21-6-4-3-5-20(21)26/h3-11,16H,12-13H2,1-2H3,(H,27,32)(H,28,33). The van der Waals surface area contributed by atoms with Crippen molar-refractivity contribution in [3.8, 4) is 5.69 Å². The first-order valence-electron chi connectivity index (χ1n) is 10.4. The number of nitrogens with one attached hydrogen (secondary N) is 2. The molecule has 1 aliphatic heterocycles. The van der Waals surface area contributed by atoms with Gasteiger partial charge in [0, 0.05) is 30.0 Å². The zero-order valence-electron chi connectivity index (χ0n) is 18.1. The second kappa shape index (κ2) is 8.85. The molecule has 170 valence electrons. The monoisotopic (exact) mass is 452 g/mol. The Morgan fingerprint density at radius 1 is 1.00 bits per heavy atom. The van der Waals surface area contributed by atoms with Crippen molar-refractivity contribution in [2.45, 2.75) is 20.3 Å². The molecule has 1 saturated heterocycles. The van der Waals surface area contributed by atoms with E-state index in [4.69, 9.17) is 0 Å². The summed E-state index contributed by atoms with van der Waals surface area (Å²) in [6.45, 7) is 3.57. The number of hydrazine groups is 1. The van der Waals surface area contributed by atoms with Crippen LogP contribution < -0.4 is 15.8 Å². The second-order valence-corrected chi connectivity index (χ2v) is 7.90. The highest BCUT2D eigenvalue weighted by atomic mass is 19.1. The highest BCUT2D eigenvalue weighted by Gasteiger charge is 2.36. The summed E-state index contributed by atoms with van der Waals surface area (Å²) in [7, 11) is 0. The van der Waals surface area contributed by atoms with Gasteiger partial charge in [0.2, 0.25) is 11.8 Å². The average molecular weight is 452 g/mol. The van der Waals surface area contributed by atoms with Crippen LogP contribution in [-0.2, 0) is 9.59 Å². The molecule has 2 aromatic carbocycles. The Labute approximate surface area is 189 Å². The molecule has 9 heteroatoms. The molecular formula is C24H22F2N4O3. The zero-order valence-corrected chi connectivity index (χ0v) is 18.1. The Balaban J connectivity index is 1.42. The number of aromatic nitrogens is 1. The molecule has 4 rings (SSSR count). The van der Waals surface area contributed by atoms with E-state index in [-0.39, 0.29) is 30.4 Å². The lowest BCUT2D eigenvalue weighted by Gasteiger charge is -2.17. The minimum Gasteiger partial charge on any atom is -0.318 e. The SMILES string of the molecule is Cc1cc(C(=O)NNC(=O)C2CC(=O)N(c3ccccc3F)C2)c(C)n1-c1ccc(F)cc1. The number of halogens is 2. The van der Waals surface area contributed by atoms with Gasteiger partial charge in [-0.05, 0) is 56.3 Å². The van der Waals surface area contributed by atoms with Crippen LogP contribution in [0.1, 0.15) is 28.2 Å². The first-order chi connectivity index (χ1) is 15.8. The third kappa shape index (κ3) is 4.34. The summed E-state index contributed by atoms with van der Waals surface area (Å²) in [6, 6.07) is 13.4. The molecule has 1 atom stereocenters. The Kier molecular flexibility index (Phi) is 5.95. The van der Waals surface area contributed by atoms with E-state index < -0.39 is 23.5 Å². The fourth-order valence-corrected chi connectivity index (χ4v) is 4.05. The summed E-state index contributed by atoms with van der Waals surface area (Å²) >= 11 is 0. The maximum absolute atomic E-state index is 14.0. The summed E-state index contributed by atoms with van der Waals surface area (Å²) in [6.07, 6.45) is -0.0882. The normalized spacial score (nSPS) is 15.6. The van der Waals surface area contributed by atoms with Crippen molar-refractivity contribution in [1.29, 1.82) is 0 Å². The number of para-hydroxylation sites is 1. The van der Waals surface area contributed by atoms with Gasteiger partial charge in [-0.15, -0.1) is 0 Å². The van der Waals surface area contributed by atoms with Gasteiger partial charge in [-0.25, -0.2) is 8.78 Å². The summed E-state index contributed by atoms with van der Waals surface area (Å²) in [4.78, 5) is 38.8. The van der Waals surface area contributed by atoms with Gasteiger partial charge in [-0.1, -0.05) is 12.1 Å². The number of anilines is 1. The molecule has 0 saturated carbocycles. The highest BCUT2D eigenvalue weighted by Crippen LogP contribution is 2.27. The van der Waals surface area contributed by atoms with Crippen LogP contribution >= 0.6 is 0 Å². The molecule has 1 unspecified atom stereocenters. The fraction of sp³-hybridized carbons (Fsp3) is 0.208. The molecule has 0 bridgehead atoms. The molecule has 0 spiro atoms. The van der Waals surface area contributed by atoms with E-state index in [1.54, 1.807) is 35.8 Å². The van der Waals surface area contributed by atoms with Gasteiger partial charge in [-0.2, -0.15) is 0 Å². The zero-order chi connectivity index (χ0) is 23.7. The predicted octanol–water partition coefficient (Wildman–Crippen LogP) is 3.19. The first kappa shape index (κ1) is 22.2. The number of hydrogen-bond acceptors (Lipinski definition) is 3. The van der Waals surface area contributed by atoms with Crippen LogP contribution in [0.15, 0.2) is 54.6 Å². The Morgan fingerprint density at radius 3 is 2.39 bits per heavy atom. The maximum Gasteiger partial charge on any atom is 0.271 e. The van der Waals surface area contributed by atoms with Crippen molar-refractivity contribution in [2.24, 2.45) is 5.92 Å². The van der Waals surface area contributed by atoms with Crippen LogP contribution in [0.4, 0.5) is 14.5 Å². The molecule has 33 heavy (non-hydrogen) atoms. The Hall–Kier alpha value is -4.01. The lowest BCUT2D eigenvalue weighted by Crippen LogP contribution is -2.45. The van der Waals surface area contributed by atoms with Crippen molar-refractivity contribution in [2.75, 3.05) is 11.4 Å². The molecule has 3 amide bonds. The summed E-state index contributed by atoms with van der Waals surface area (Å²) < 4.78 is 29.1. The first-order valence-corrected chi connectivity index (χ1v) is 10.4. The van der Waals surface area contributed by atoms with Gasteiger partial charge in [0.05, 0.1) is 17.2 Å². The quantitative estimate of drug-likeness (QED) is 0.597. The van der Waals surface area contributed by atoms with Crippen LogP contribution in [-0.4, -0.2) is 28.8 Å². The average Bonchev–Trinajstić information content (AvgIpc) is 3.32. The van der Waals surface area contributed by atoms with Gasteiger partial charge in [-0.3, -0.25) is 25.2 Å². The largest absolute Gasteiger partial charge is 0.318 e. The summed E-state index contributed by atoms with van der Waals surface area (Å²) in [5, 5.41) is 0. The molecule has 0 radical (unpaired) electrons. The molecule has 7 nitrogen and oxygen atoms in total. The topological polar surface area (TPSA) is 83.4 Å². The van der Waals surface area contributed by atoms with Gasteiger partial charge < -0.3 is 9.47 Å². The van der Waals surface area contributed by atoms with E-state index in [1.807, 2.05) is 6.92 Å². The minimum atomic E-state index is -0.732. The second-order valence-electron chi connectivity index (χ2n) is 7.90. The lowest BCUT2D eigenvalue weighted by atomic mass is 10.1. The number of nitrogens with zero attached hydrogens (tertiary/aromatic N) is 2. The van der Waals surface area contributed by atoms with Crippen molar-refractivity contribution < 1.29 is 23.2 Å². The molecular weight excluding hydrogens is 430 g/mol. The third-order valence-corrected chi connectivity index (χ3v) is 5.70. The van der Waals surface area contributed by atoms with Gasteiger partial charge in [0.25, 0.3) is 5.91 Å². The van der Waals surface area contributed by atoms with Crippen molar-refractivity contribution in [3.05, 3.63) is 83.2 Å². The van der Waals surface area contributed by atoms with Gasteiger partial charge >= 0.3 is 0 Å². The Morgan fingerprint density at radius 2 is 1.70 bits per heavy atom. The number of rotatable bonds is 4. The van der Waals surface area contributed by atoms with E-state index in [9.17, 15) is 23.2 Å². The third-order valence-electron chi connectivity index (χ3n) is 5.70. The number of carbonyl (C=O) groups excluding carboxylic acids is 3. The summed E-state index contributed by atoms with van der Waals surface area (Å²) in [5.41, 5.74) is 7.29. The number of amides is 3. The number of carbonyl (C=O) groups is 3. The van der Waals surface area contributed by atoms with Gasteiger partial charge in [0.15, 0.2) is 0 Å².